The molecular formula is C10H19N3O2. The summed E-state index contributed by atoms with van der Waals surface area (Å²) in [5, 5.41) is 17.1. The van der Waals surface area contributed by atoms with Crippen molar-refractivity contribution in [3.05, 3.63) is 11.8 Å². The lowest BCUT2D eigenvalue weighted by atomic mass is 10.2. The molecule has 15 heavy (non-hydrogen) atoms. The highest BCUT2D eigenvalue weighted by Crippen LogP contribution is 2.39. The van der Waals surface area contributed by atoms with Gasteiger partial charge in [-0.1, -0.05) is 13.8 Å². The molecule has 0 radical (unpaired) electrons. The van der Waals surface area contributed by atoms with E-state index >= 15 is 0 Å². The Kier molecular flexibility index (Phi) is 4.23. The first-order valence-corrected chi connectivity index (χ1v) is 5.45. The summed E-state index contributed by atoms with van der Waals surface area (Å²) >= 11 is 0. The molecule has 86 valence electrons. The van der Waals surface area contributed by atoms with Gasteiger partial charge >= 0.3 is 0 Å². The maximum absolute atomic E-state index is 9.49. The molecule has 1 heterocycles. The van der Waals surface area contributed by atoms with Crippen molar-refractivity contribution in [2.24, 2.45) is 5.73 Å². The van der Waals surface area contributed by atoms with Crippen molar-refractivity contribution in [2.75, 3.05) is 0 Å². The first-order valence-electron chi connectivity index (χ1n) is 5.45. The number of hydrogen-bond donors (Lipinski definition) is 2. The second kappa shape index (κ2) is 5.23. The minimum absolute atomic E-state index is 0.233. The first kappa shape index (κ1) is 12.1. The van der Waals surface area contributed by atoms with Crippen molar-refractivity contribution in [2.45, 2.75) is 51.7 Å². The van der Waals surface area contributed by atoms with Gasteiger partial charge in [-0.25, -0.2) is 0 Å². The van der Waals surface area contributed by atoms with E-state index in [-0.39, 0.29) is 11.9 Å². The zero-order valence-corrected chi connectivity index (χ0v) is 9.47. The second-order valence-corrected chi connectivity index (χ2v) is 3.56. The van der Waals surface area contributed by atoms with Crippen LogP contribution in [0.3, 0.4) is 0 Å². The average Bonchev–Trinajstić information content (AvgIpc) is 2.99. The van der Waals surface area contributed by atoms with Crippen molar-refractivity contribution >= 4 is 0 Å². The highest BCUT2D eigenvalue weighted by atomic mass is 16.4. The van der Waals surface area contributed by atoms with Gasteiger partial charge in [0.05, 0.1) is 0 Å². The lowest BCUT2D eigenvalue weighted by molar-refractivity contribution is 0.120. The van der Waals surface area contributed by atoms with Crippen molar-refractivity contribution < 1.29 is 9.52 Å². The fourth-order valence-electron chi connectivity index (χ4n) is 1.09. The molecule has 0 aliphatic heterocycles. The number of nitrogens with zero attached hydrogens (tertiary/aromatic N) is 2. The minimum atomic E-state index is -0.847. The lowest BCUT2D eigenvalue weighted by Crippen LogP contribution is -2.24. The Morgan fingerprint density at radius 3 is 2.47 bits per heavy atom. The fourth-order valence-corrected chi connectivity index (χ4v) is 1.09. The second-order valence-electron chi connectivity index (χ2n) is 3.56. The minimum Gasteiger partial charge on any atom is -0.422 e. The van der Waals surface area contributed by atoms with E-state index in [2.05, 4.69) is 10.2 Å². The van der Waals surface area contributed by atoms with E-state index in [4.69, 9.17) is 10.2 Å². The van der Waals surface area contributed by atoms with E-state index in [0.29, 0.717) is 11.8 Å². The number of hydrogen-bond acceptors (Lipinski definition) is 5. The Morgan fingerprint density at radius 2 is 2.00 bits per heavy atom. The van der Waals surface area contributed by atoms with Crippen LogP contribution in [-0.2, 0) is 0 Å². The van der Waals surface area contributed by atoms with Crippen LogP contribution in [0.2, 0.25) is 0 Å². The zero-order chi connectivity index (χ0) is 11.4. The van der Waals surface area contributed by atoms with Crippen LogP contribution in [0.15, 0.2) is 4.42 Å². The van der Waals surface area contributed by atoms with Gasteiger partial charge in [-0.15, -0.1) is 10.2 Å². The van der Waals surface area contributed by atoms with Crippen LogP contribution in [0, 0.1) is 0 Å². The summed E-state index contributed by atoms with van der Waals surface area (Å²) in [6.45, 7) is 5.70. The fraction of sp³-hybridized carbons (Fsp3) is 0.800. The molecule has 1 saturated carbocycles. The maximum Gasteiger partial charge on any atom is 0.246 e. The molecule has 0 aromatic carbocycles. The summed E-state index contributed by atoms with van der Waals surface area (Å²) in [4.78, 5) is 0. The Bertz CT molecular complexity index is 295. The monoisotopic (exact) mass is 213 g/mol. The van der Waals surface area contributed by atoms with E-state index in [0.717, 1.165) is 12.8 Å². The molecule has 0 spiro atoms. The van der Waals surface area contributed by atoms with Gasteiger partial charge in [0.2, 0.25) is 11.8 Å². The van der Waals surface area contributed by atoms with E-state index in [1.807, 2.05) is 13.8 Å². The third-order valence-corrected chi connectivity index (χ3v) is 2.13. The van der Waals surface area contributed by atoms with Crippen LogP contribution in [0.5, 0.6) is 0 Å². The predicted octanol–water partition coefficient (Wildman–Crippen LogP) is 1.35. The molecule has 3 N–H and O–H groups in total. The maximum atomic E-state index is 9.49. The van der Waals surface area contributed by atoms with Gasteiger partial charge < -0.3 is 15.3 Å². The normalized spacial score (nSPS) is 19.0. The molecule has 2 rings (SSSR count). The van der Waals surface area contributed by atoms with Crippen LogP contribution >= 0.6 is 0 Å². The molecule has 5 heteroatoms. The summed E-state index contributed by atoms with van der Waals surface area (Å²) in [6.07, 6.45) is 1.37. The molecule has 2 atom stereocenters. The molecule has 0 amide bonds. The van der Waals surface area contributed by atoms with E-state index in [9.17, 15) is 5.11 Å². The predicted molar refractivity (Wildman–Crippen MR) is 56.2 cm³/mol. The number of nitrogens with two attached hydrogens (primary N) is 1. The van der Waals surface area contributed by atoms with Crippen LogP contribution in [-0.4, -0.2) is 21.3 Å². The van der Waals surface area contributed by atoms with E-state index < -0.39 is 6.10 Å². The van der Waals surface area contributed by atoms with Gasteiger partial charge in [0.1, 0.15) is 6.10 Å². The summed E-state index contributed by atoms with van der Waals surface area (Å²) in [6, 6.07) is -0.382. The molecule has 0 saturated heterocycles. The van der Waals surface area contributed by atoms with Crippen LogP contribution in [0.25, 0.3) is 0 Å². The van der Waals surface area contributed by atoms with Crippen LogP contribution in [0.1, 0.15) is 57.4 Å². The Hall–Kier alpha value is -0.940. The number of aliphatic hydroxyl groups is 1. The zero-order valence-electron chi connectivity index (χ0n) is 9.47. The van der Waals surface area contributed by atoms with Crippen molar-refractivity contribution in [1.29, 1.82) is 0 Å². The van der Waals surface area contributed by atoms with Gasteiger partial charge in [-0.3, -0.25) is 0 Å². The van der Waals surface area contributed by atoms with Gasteiger partial charge in [0.25, 0.3) is 0 Å². The highest BCUT2D eigenvalue weighted by molar-refractivity contribution is 5.01. The number of aromatic nitrogens is 2. The molecule has 1 aliphatic rings. The average molecular weight is 213 g/mol. The van der Waals surface area contributed by atoms with Crippen molar-refractivity contribution in [3.63, 3.8) is 0 Å². The van der Waals surface area contributed by atoms with Crippen LogP contribution < -0.4 is 5.73 Å². The topological polar surface area (TPSA) is 85.2 Å². The molecular weight excluding hydrogens is 194 g/mol. The van der Waals surface area contributed by atoms with E-state index in [1.54, 1.807) is 6.92 Å². The summed E-state index contributed by atoms with van der Waals surface area (Å²) in [5.41, 5.74) is 5.49. The molecule has 0 bridgehead atoms. The quantitative estimate of drug-likeness (QED) is 0.791. The third-order valence-electron chi connectivity index (χ3n) is 2.13. The SMILES string of the molecule is CC.C[C@H](N)C(O)c1nnc(C2CC2)o1. The Labute approximate surface area is 89.7 Å². The molecule has 1 aromatic rings. The van der Waals surface area contributed by atoms with E-state index in [1.165, 1.54) is 0 Å². The Morgan fingerprint density at radius 1 is 1.40 bits per heavy atom. The molecule has 1 unspecified atom stereocenters. The number of aliphatic hydroxyl groups excluding tert-OH is 1. The van der Waals surface area contributed by atoms with Gasteiger partial charge in [0, 0.05) is 12.0 Å². The standard InChI is InChI=1S/C8H13N3O2.C2H6/c1-4(9)6(12)8-11-10-7(13-8)5-2-3-5;1-2/h4-6,12H,2-3,9H2,1H3;1-2H3/t4-,6?;/m0./s1. The first-order chi connectivity index (χ1) is 7.18. The van der Waals surface area contributed by atoms with Crippen LogP contribution in [0.4, 0.5) is 0 Å². The third kappa shape index (κ3) is 3.00. The molecule has 1 aromatic heterocycles. The van der Waals surface area contributed by atoms with Crippen molar-refractivity contribution in [1.82, 2.24) is 10.2 Å². The molecule has 5 nitrogen and oxygen atoms in total. The molecule has 1 fully saturated rings. The highest BCUT2D eigenvalue weighted by Gasteiger charge is 2.30. The Balaban J connectivity index is 0.000000531. The van der Waals surface area contributed by atoms with Gasteiger partial charge in [-0.2, -0.15) is 0 Å². The van der Waals surface area contributed by atoms with Gasteiger partial charge in [0.15, 0.2) is 0 Å². The van der Waals surface area contributed by atoms with Gasteiger partial charge in [-0.05, 0) is 19.8 Å². The smallest absolute Gasteiger partial charge is 0.246 e. The molecule has 1 aliphatic carbocycles. The largest absolute Gasteiger partial charge is 0.422 e. The summed E-state index contributed by atoms with van der Waals surface area (Å²) < 4.78 is 5.28. The van der Waals surface area contributed by atoms with Crippen molar-refractivity contribution in [3.8, 4) is 0 Å². The number of rotatable bonds is 3. The summed E-state index contributed by atoms with van der Waals surface area (Å²) in [7, 11) is 0. The lowest BCUT2D eigenvalue weighted by Gasteiger charge is -2.08. The summed E-state index contributed by atoms with van der Waals surface area (Å²) in [5.74, 6) is 1.29.